The first-order valence-electron chi connectivity index (χ1n) is 9.60. The zero-order chi connectivity index (χ0) is 20.3. The minimum Gasteiger partial charge on any atom is -0.438 e. The van der Waals surface area contributed by atoms with Crippen molar-refractivity contribution in [2.45, 2.75) is 32.6 Å². The predicted octanol–water partition coefficient (Wildman–Crippen LogP) is 6.28. The van der Waals surface area contributed by atoms with Gasteiger partial charge in [-0.3, -0.25) is 0 Å². The molecule has 0 aliphatic rings. The summed E-state index contributed by atoms with van der Waals surface area (Å²) < 4.78 is 10.8. The Morgan fingerprint density at radius 3 is 2.45 bits per heavy atom. The minimum atomic E-state index is -0.0185. The third kappa shape index (κ3) is 4.51. The highest BCUT2D eigenvalue weighted by atomic mass is 32.1. The molecule has 0 spiro atoms. The molecular weight excluding hydrogens is 378 g/mol. The molecule has 4 rings (SSSR count). The SMILES string of the molecule is CC(C)(C)c1ccccc1Oc1ncccc1Cc1nc(-c2ccccc2)ns1. The molecule has 0 fully saturated rings. The van der Waals surface area contributed by atoms with Crippen LogP contribution in [0.1, 0.15) is 36.9 Å². The Morgan fingerprint density at radius 1 is 0.897 bits per heavy atom. The fraction of sp³-hybridized carbons (Fsp3) is 0.208. The number of hydrogen-bond donors (Lipinski definition) is 0. The van der Waals surface area contributed by atoms with Crippen molar-refractivity contribution in [3.63, 3.8) is 0 Å². The summed E-state index contributed by atoms with van der Waals surface area (Å²) in [4.78, 5) is 9.20. The predicted molar refractivity (Wildman–Crippen MR) is 118 cm³/mol. The lowest BCUT2D eigenvalue weighted by Gasteiger charge is -2.22. The average Bonchev–Trinajstić information content (AvgIpc) is 3.18. The summed E-state index contributed by atoms with van der Waals surface area (Å²) in [5.74, 6) is 2.21. The maximum Gasteiger partial charge on any atom is 0.222 e. The Morgan fingerprint density at radius 2 is 1.66 bits per heavy atom. The average molecular weight is 402 g/mol. The normalized spacial score (nSPS) is 11.4. The van der Waals surface area contributed by atoms with Gasteiger partial charge >= 0.3 is 0 Å². The molecule has 0 bridgehead atoms. The van der Waals surface area contributed by atoms with Gasteiger partial charge in [0.25, 0.3) is 0 Å². The van der Waals surface area contributed by atoms with Gasteiger partial charge in [-0.05, 0) is 29.1 Å². The van der Waals surface area contributed by atoms with Gasteiger partial charge in [-0.25, -0.2) is 9.97 Å². The molecule has 0 saturated heterocycles. The van der Waals surface area contributed by atoms with Gasteiger partial charge in [0.05, 0.1) is 0 Å². The highest BCUT2D eigenvalue weighted by Crippen LogP contribution is 2.34. The zero-order valence-corrected chi connectivity index (χ0v) is 17.6. The number of rotatable bonds is 5. The molecule has 2 heterocycles. The summed E-state index contributed by atoms with van der Waals surface area (Å²) in [6.07, 6.45) is 2.39. The molecule has 29 heavy (non-hydrogen) atoms. The van der Waals surface area contributed by atoms with Crippen LogP contribution in [0.5, 0.6) is 11.6 Å². The molecule has 0 atom stereocenters. The standard InChI is InChI=1S/C24H23N3OS/c1-24(2,3)19-13-7-8-14-20(19)28-23-18(12-9-15-25-23)16-21-26-22(27-29-21)17-10-5-4-6-11-17/h4-15H,16H2,1-3H3. The monoisotopic (exact) mass is 401 g/mol. The Kier molecular flexibility index (Phi) is 5.41. The molecule has 2 aromatic carbocycles. The van der Waals surface area contributed by atoms with Gasteiger partial charge in [-0.1, -0.05) is 75.4 Å². The third-order valence-corrected chi connectivity index (χ3v) is 5.30. The van der Waals surface area contributed by atoms with Crippen LogP contribution in [0.15, 0.2) is 72.9 Å². The maximum absolute atomic E-state index is 6.28. The quantitative estimate of drug-likeness (QED) is 0.395. The fourth-order valence-electron chi connectivity index (χ4n) is 3.12. The van der Waals surface area contributed by atoms with E-state index in [4.69, 9.17) is 9.72 Å². The van der Waals surface area contributed by atoms with Crippen LogP contribution in [0, 0.1) is 0 Å². The third-order valence-electron chi connectivity index (χ3n) is 4.59. The van der Waals surface area contributed by atoms with Crippen LogP contribution in [0.25, 0.3) is 11.4 Å². The molecule has 0 N–H and O–H groups in total. The summed E-state index contributed by atoms with van der Waals surface area (Å²) in [7, 11) is 0. The van der Waals surface area contributed by atoms with E-state index in [1.165, 1.54) is 11.5 Å². The van der Waals surface area contributed by atoms with Crippen LogP contribution in [0.4, 0.5) is 0 Å². The molecule has 0 amide bonds. The summed E-state index contributed by atoms with van der Waals surface area (Å²) >= 11 is 1.42. The Bertz CT molecular complexity index is 1100. The number of pyridine rings is 1. The van der Waals surface area contributed by atoms with E-state index >= 15 is 0 Å². The lowest BCUT2D eigenvalue weighted by atomic mass is 9.86. The largest absolute Gasteiger partial charge is 0.438 e. The second-order valence-corrected chi connectivity index (χ2v) is 8.71. The molecule has 0 radical (unpaired) electrons. The zero-order valence-electron chi connectivity index (χ0n) is 16.8. The maximum atomic E-state index is 6.28. The molecule has 0 aliphatic carbocycles. The number of para-hydroxylation sites is 1. The van der Waals surface area contributed by atoms with Gasteiger partial charge in [0, 0.05) is 29.3 Å². The van der Waals surface area contributed by atoms with Crippen LogP contribution < -0.4 is 4.74 Å². The van der Waals surface area contributed by atoms with E-state index in [1.54, 1.807) is 6.20 Å². The van der Waals surface area contributed by atoms with Crippen molar-refractivity contribution in [2.75, 3.05) is 0 Å². The van der Waals surface area contributed by atoms with Gasteiger partial charge in [-0.2, -0.15) is 4.37 Å². The first kappa shape index (κ1) is 19.3. The number of hydrogen-bond acceptors (Lipinski definition) is 5. The first-order valence-corrected chi connectivity index (χ1v) is 10.4. The second-order valence-electron chi connectivity index (χ2n) is 7.87. The highest BCUT2D eigenvalue weighted by molar-refractivity contribution is 7.05. The fourth-order valence-corrected chi connectivity index (χ4v) is 3.81. The minimum absolute atomic E-state index is 0.0185. The molecule has 4 aromatic rings. The van der Waals surface area contributed by atoms with E-state index in [2.05, 4.69) is 36.2 Å². The van der Waals surface area contributed by atoms with Crippen LogP contribution in [0.3, 0.4) is 0 Å². The Balaban J connectivity index is 1.60. The van der Waals surface area contributed by atoms with E-state index in [0.29, 0.717) is 12.3 Å². The van der Waals surface area contributed by atoms with Crippen molar-refractivity contribution in [1.29, 1.82) is 0 Å². The second kappa shape index (κ2) is 8.13. The summed E-state index contributed by atoms with van der Waals surface area (Å²) in [5.41, 5.74) is 3.15. The number of nitrogens with zero attached hydrogens (tertiary/aromatic N) is 3. The molecular formula is C24H23N3OS. The van der Waals surface area contributed by atoms with Crippen LogP contribution >= 0.6 is 11.5 Å². The van der Waals surface area contributed by atoms with Crippen LogP contribution in [-0.4, -0.2) is 14.3 Å². The van der Waals surface area contributed by atoms with Gasteiger partial charge in [0.15, 0.2) is 5.82 Å². The summed E-state index contributed by atoms with van der Waals surface area (Å²) in [6.45, 7) is 6.54. The van der Waals surface area contributed by atoms with E-state index in [0.717, 1.165) is 33.3 Å². The van der Waals surface area contributed by atoms with E-state index in [1.807, 2.05) is 60.7 Å². The molecule has 4 nitrogen and oxygen atoms in total. The lowest BCUT2D eigenvalue weighted by molar-refractivity contribution is 0.435. The van der Waals surface area contributed by atoms with E-state index in [9.17, 15) is 0 Å². The summed E-state index contributed by atoms with van der Waals surface area (Å²) in [5, 5.41) is 0.936. The smallest absolute Gasteiger partial charge is 0.222 e. The van der Waals surface area contributed by atoms with Crippen molar-refractivity contribution < 1.29 is 4.74 Å². The first-order chi connectivity index (χ1) is 14.0. The topological polar surface area (TPSA) is 47.9 Å². The van der Waals surface area contributed by atoms with Crippen molar-refractivity contribution in [3.8, 4) is 23.0 Å². The molecule has 0 aliphatic heterocycles. The van der Waals surface area contributed by atoms with E-state index in [-0.39, 0.29) is 5.41 Å². The van der Waals surface area contributed by atoms with Crippen molar-refractivity contribution in [2.24, 2.45) is 0 Å². The van der Waals surface area contributed by atoms with Gasteiger partial charge in [-0.15, -0.1) is 0 Å². The molecule has 5 heteroatoms. The molecule has 0 saturated carbocycles. The number of ether oxygens (including phenoxy) is 1. The Labute approximate surface area is 175 Å². The van der Waals surface area contributed by atoms with Crippen LogP contribution in [0.2, 0.25) is 0 Å². The summed E-state index contributed by atoms with van der Waals surface area (Å²) in [6, 6.07) is 22.1. The van der Waals surface area contributed by atoms with E-state index < -0.39 is 0 Å². The van der Waals surface area contributed by atoms with Crippen molar-refractivity contribution in [1.82, 2.24) is 14.3 Å². The molecule has 2 aromatic heterocycles. The molecule has 0 unspecified atom stereocenters. The van der Waals surface area contributed by atoms with Gasteiger partial charge < -0.3 is 4.74 Å². The van der Waals surface area contributed by atoms with Crippen LogP contribution in [-0.2, 0) is 11.8 Å². The van der Waals surface area contributed by atoms with Gasteiger partial charge in [0.2, 0.25) is 5.88 Å². The highest BCUT2D eigenvalue weighted by Gasteiger charge is 2.20. The van der Waals surface area contributed by atoms with Crippen molar-refractivity contribution >= 4 is 11.5 Å². The number of aromatic nitrogens is 3. The number of benzene rings is 2. The van der Waals surface area contributed by atoms with Crippen molar-refractivity contribution in [3.05, 3.63) is 89.1 Å². The molecule has 146 valence electrons. The Hall–Kier alpha value is -3.05. The van der Waals surface area contributed by atoms with Gasteiger partial charge in [0.1, 0.15) is 10.8 Å². The lowest BCUT2D eigenvalue weighted by Crippen LogP contribution is -2.12.